The standard InChI is InChI=1S/C41H55Cl2N7O6/c1-8-26(2)35(50-20-19-48(40(50)55)24-30-16-12-13-27(3)44-30)37(52)45-33(22-28-14-10-9-11-15-28)34(51)25-49(23-29-17-18-31(42)32(43)21-29)47-38(53)36(41(4,5)6)46-39(54)56-7/h9-18,21,26,33-36,51H,8,19-20,22-25H2,1-7H3,(H,45,52)(H,46,54)(H,47,53)/t26-,33-,34-,35-,36+/m0/s1. The Bertz CT molecular complexity index is 1810. The molecule has 0 saturated carbocycles. The van der Waals surface area contributed by atoms with E-state index < -0.39 is 47.6 Å². The van der Waals surface area contributed by atoms with Gasteiger partial charge in [0.05, 0.1) is 41.5 Å². The Morgan fingerprint density at radius 2 is 1.68 bits per heavy atom. The molecule has 0 radical (unpaired) electrons. The molecule has 5 atom stereocenters. The maximum absolute atomic E-state index is 14.4. The quantitative estimate of drug-likeness (QED) is 0.126. The van der Waals surface area contributed by atoms with Crippen LogP contribution in [0.15, 0.2) is 66.7 Å². The third-order valence-electron chi connectivity index (χ3n) is 9.91. The number of carbonyl (C=O) groups is 4. The number of ether oxygens (including phenoxy) is 1. The van der Waals surface area contributed by atoms with Crippen molar-refractivity contribution in [3.8, 4) is 0 Å². The summed E-state index contributed by atoms with van der Waals surface area (Å²) in [5.41, 5.74) is 5.32. The molecule has 304 valence electrons. The van der Waals surface area contributed by atoms with E-state index in [9.17, 15) is 24.3 Å². The molecule has 3 aromatic rings. The first kappa shape index (κ1) is 44.3. The minimum Gasteiger partial charge on any atom is -0.453 e. The predicted octanol–water partition coefficient (Wildman–Crippen LogP) is 5.74. The molecular weight excluding hydrogens is 757 g/mol. The van der Waals surface area contributed by atoms with Crippen LogP contribution in [-0.4, -0.2) is 99.8 Å². The summed E-state index contributed by atoms with van der Waals surface area (Å²) in [5, 5.41) is 19.9. The molecule has 56 heavy (non-hydrogen) atoms. The number of carbonyl (C=O) groups excluding carboxylic acids is 4. The average Bonchev–Trinajstić information content (AvgIpc) is 3.49. The molecule has 4 N–H and O–H groups in total. The Balaban J connectivity index is 1.62. The van der Waals surface area contributed by atoms with Gasteiger partial charge in [-0.3, -0.25) is 20.0 Å². The number of pyridine rings is 1. The molecule has 1 saturated heterocycles. The number of nitrogens with one attached hydrogen (secondary N) is 3. The summed E-state index contributed by atoms with van der Waals surface area (Å²) in [6.45, 7) is 12.3. The lowest BCUT2D eigenvalue weighted by atomic mass is 9.86. The lowest BCUT2D eigenvalue weighted by Crippen LogP contribution is -2.60. The van der Waals surface area contributed by atoms with Crippen LogP contribution in [0.4, 0.5) is 9.59 Å². The number of rotatable bonds is 17. The van der Waals surface area contributed by atoms with Gasteiger partial charge in [-0.25, -0.2) is 14.6 Å². The Hall–Kier alpha value is -4.43. The second-order valence-electron chi connectivity index (χ2n) is 15.4. The number of amides is 5. The molecule has 2 heterocycles. The first-order valence-corrected chi connectivity index (χ1v) is 19.6. The smallest absolute Gasteiger partial charge is 0.407 e. The van der Waals surface area contributed by atoms with Crippen molar-refractivity contribution < 1.29 is 29.0 Å². The van der Waals surface area contributed by atoms with E-state index in [-0.39, 0.29) is 31.5 Å². The van der Waals surface area contributed by atoms with Gasteiger partial charge in [-0.2, -0.15) is 0 Å². The fourth-order valence-corrected chi connectivity index (χ4v) is 6.99. The molecule has 0 unspecified atom stereocenters. The summed E-state index contributed by atoms with van der Waals surface area (Å²) < 4.78 is 4.78. The predicted molar refractivity (Wildman–Crippen MR) is 217 cm³/mol. The molecular formula is C41H55Cl2N7O6. The number of alkyl carbamates (subject to hydrolysis) is 1. The van der Waals surface area contributed by atoms with Gasteiger partial charge in [0.2, 0.25) is 5.91 Å². The molecule has 15 heteroatoms. The van der Waals surface area contributed by atoms with Gasteiger partial charge < -0.3 is 30.3 Å². The van der Waals surface area contributed by atoms with E-state index in [1.54, 1.807) is 48.8 Å². The zero-order valence-corrected chi connectivity index (χ0v) is 34.7. The number of hydrogen-bond acceptors (Lipinski definition) is 8. The van der Waals surface area contributed by atoms with E-state index in [0.717, 1.165) is 17.0 Å². The van der Waals surface area contributed by atoms with Gasteiger partial charge in [0, 0.05) is 31.9 Å². The topological polar surface area (TPSA) is 156 Å². The number of hydrogen-bond donors (Lipinski definition) is 4. The van der Waals surface area contributed by atoms with Crippen LogP contribution < -0.4 is 16.1 Å². The van der Waals surface area contributed by atoms with Crippen LogP contribution in [-0.2, 0) is 33.8 Å². The van der Waals surface area contributed by atoms with Gasteiger partial charge in [0.1, 0.15) is 12.1 Å². The summed E-state index contributed by atoms with van der Waals surface area (Å²) >= 11 is 12.5. The number of aliphatic hydroxyl groups excluding tert-OH is 1. The van der Waals surface area contributed by atoms with Gasteiger partial charge in [-0.15, -0.1) is 0 Å². The highest BCUT2D eigenvalue weighted by atomic mass is 35.5. The van der Waals surface area contributed by atoms with Crippen molar-refractivity contribution >= 4 is 47.1 Å². The molecule has 1 aliphatic heterocycles. The van der Waals surface area contributed by atoms with E-state index >= 15 is 0 Å². The summed E-state index contributed by atoms with van der Waals surface area (Å²) in [6, 6.07) is 17.3. The first-order valence-electron chi connectivity index (χ1n) is 18.8. The zero-order chi connectivity index (χ0) is 41.2. The van der Waals surface area contributed by atoms with Crippen molar-refractivity contribution in [2.24, 2.45) is 11.3 Å². The number of aromatic nitrogens is 1. The van der Waals surface area contributed by atoms with Crippen LogP contribution in [0.1, 0.15) is 63.6 Å². The van der Waals surface area contributed by atoms with E-state index in [1.807, 2.05) is 69.3 Å². The molecule has 13 nitrogen and oxygen atoms in total. The summed E-state index contributed by atoms with van der Waals surface area (Å²) in [5.74, 6) is -1.14. The highest BCUT2D eigenvalue weighted by Crippen LogP contribution is 2.25. The van der Waals surface area contributed by atoms with Crippen LogP contribution in [0.25, 0.3) is 0 Å². The van der Waals surface area contributed by atoms with E-state index in [0.29, 0.717) is 41.7 Å². The number of aryl methyl sites for hydroxylation is 1. The maximum atomic E-state index is 14.4. The van der Waals surface area contributed by atoms with E-state index in [2.05, 4.69) is 21.0 Å². The molecule has 0 aliphatic carbocycles. The maximum Gasteiger partial charge on any atom is 0.407 e. The molecule has 2 aromatic carbocycles. The number of benzene rings is 2. The SMILES string of the molecule is CC[C@H](C)[C@@H](C(=O)N[C@@H](Cc1ccccc1)[C@@H](O)CN(Cc1ccc(Cl)c(Cl)c1)NC(=O)[C@@H](NC(=O)OC)C(C)(C)C)N1CCN(Cc2cccc(C)n2)C1=O. The van der Waals surface area contributed by atoms with Crippen LogP contribution >= 0.6 is 23.2 Å². The normalized spacial score (nSPS) is 15.9. The zero-order valence-electron chi connectivity index (χ0n) is 33.2. The molecule has 0 spiro atoms. The largest absolute Gasteiger partial charge is 0.453 e. The number of hydrazine groups is 1. The van der Waals surface area contributed by atoms with Gasteiger partial charge in [0.15, 0.2) is 0 Å². The number of halogens is 2. The molecule has 0 bridgehead atoms. The second-order valence-corrected chi connectivity index (χ2v) is 16.2. The van der Waals surface area contributed by atoms with Crippen LogP contribution in [0.2, 0.25) is 10.0 Å². The van der Waals surface area contributed by atoms with Crippen molar-refractivity contribution in [3.63, 3.8) is 0 Å². The minimum atomic E-state index is -1.24. The Labute approximate surface area is 340 Å². The molecule has 1 aromatic heterocycles. The lowest BCUT2D eigenvalue weighted by Gasteiger charge is -2.36. The number of nitrogens with zero attached hydrogens (tertiary/aromatic N) is 4. The molecule has 5 amide bonds. The van der Waals surface area contributed by atoms with Crippen LogP contribution in [0.5, 0.6) is 0 Å². The summed E-state index contributed by atoms with van der Waals surface area (Å²) in [4.78, 5) is 62.2. The molecule has 1 fully saturated rings. The Kier molecular flexibility index (Phi) is 15.9. The third-order valence-corrected chi connectivity index (χ3v) is 10.7. The highest BCUT2D eigenvalue weighted by molar-refractivity contribution is 6.42. The third kappa shape index (κ3) is 12.3. The van der Waals surface area contributed by atoms with Crippen molar-refractivity contribution in [3.05, 3.63) is 99.3 Å². The lowest BCUT2D eigenvalue weighted by molar-refractivity contribution is -0.132. The fourth-order valence-electron chi connectivity index (χ4n) is 6.67. The molecule has 1 aliphatic rings. The van der Waals surface area contributed by atoms with Gasteiger partial charge >= 0.3 is 12.1 Å². The van der Waals surface area contributed by atoms with Crippen LogP contribution in [0.3, 0.4) is 0 Å². The minimum absolute atomic E-state index is 0.0875. The Morgan fingerprint density at radius 3 is 2.30 bits per heavy atom. The highest BCUT2D eigenvalue weighted by Gasteiger charge is 2.41. The number of aliphatic hydroxyl groups is 1. The van der Waals surface area contributed by atoms with Gasteiger partial charge in [-0.1, -0.05) is 107 Å². The summed E-state index contributed by atoms with van der Waals surface area (Å²) in [7, 11) is 1.21. The van der Waals surface area contributed by atoms with Crippen LogP contribution in [0, 0.1) is 18.3 Å². The average molecular weight is 813 g/mol. The van der Waals surface area contributed by atoms with E-state index in [1.165, 1.54) is 12.1 Å². The first-order chi connectivity index (χ1) is 26.5. The van der Waals surface area contributed by atoms with Crippen molar-refractivity contribution in [2.45, 2.75) is 91.7 Å². The monoisotopic (exact) mass is 811 g/mol. The van der Waals surface area contributed by atoms with Crippen molar-refractivity contribution in [1.29, 1.82) is 0 Å². The van der Waals surface area contributed by atoms with Crippen molar-refractivity contribution in [1.82, 2.24) is 35.9 Å². The summed E-state index contributed by atoms with van der Waals surface area (Å²) in [6.07, 6.45) is -1.13. The van der Waals surface area contributed by atoms with Gasteiger partial charge in [0.25, 0.3) is 5.91 Å². The van der Waals surface area contributed by atoms with Gasteiger partial charge in [-0.05, 0) is 60.1 Å². The fraction of sp³-hybridized carbons (Fsp3) is 0.488. The number of urea groups is 1. The second kappa shape index (κ2) is 20.1. The van der Waals surface area contributed by atoms with Crippen molar-refractivity contribution in [2.75, 3.05) is 26.7 Å². The Morgan fingerprint density at radius 1 is 0.964 bits per heavy atom. The molecule has 4 rings (SSSR count). The van der Waals surface area contributed by atoms with E-state index in [4.69, 9.17) is 27.9 Å². The number of methoxy groups -OCH3 is 1.